The lowest BCUT2D eigenvalue weighted by atomic mass is 9.87. The fourth-order valence-electron chi connectivity index (χ4n) is 5.26. The molecule has 0 aromatic rings. The van der Waals surface area contributed by atoms with Crippen molar-refractivity contribution < 1.29 is 19.4 Å². The standard InChI is InChI=1S/C23H43N3O4/c1-25(2)12-6-11-24-23(28)13-20-9-10-21-22(30-20)17-29-16-19(27)15-26(21)14-18-7-4-3-5-8-18/h18-22,27H,3-17H2,1-2H3,(H,24,28)/t19-,20-,21-,22+/m0/s1. The van der Waals surface area contributed by atoms with Crippen LogP contribution in [0.1, 0.15) is 57.8 Å². The van der Waals surface area contributed by atoms with Gasteiger partial charge in [-0.1, -0.05) is 19.3 Å². The van der Waals surface area contributed by atoms with E-state index in [4.69, 9.17) is 9.47 Å². The third-order valence-corrected chi connectivity index (χ3v) is 6.82. The van der Waals surface area contributed by atoms with Gasteiger partial charge in [0.1, 0.15) is 0 Å². The SMILES string of the molecule is CN(C)CCCNC(=O)C[C@@H]1CC[C@H]2[C@@H](COC[C@@H](O)CN2CC2CCCCC2)O1. The van der Waals surface area contributed by atoms with Gasteiger partial charge in [-0.25, -0.2) is 0 Å². The number of fused-ring (bicyclic) bond motifs is 1. The molecule has 0 bridgehead atoms. The van der Waals surface area contributed by atoms with Crippen molar-refractivity contribution in [2.45, 2.75) is 82.1 Å². The fraction of sp³-hybridized carbons (Fsp3) is 0.957. The summed E-state index contributed by atoms with van der Waals surface area (Å²) in [4.78, 5) is 16.9. The first kappa shape index (κ1) is 23.9. The highest BCUT2D eigenvalue weighted by Crippen LogP contribution is 2.31. The molecule has 1 saturated carbocycles. The average molecular weight is 426 g/mol. The Balaban J connectivity index is 1.49. The number of hydrogen-bond acceptors (Lipinski definition) is 6. The molecule has 174 valence electrons. The number of ether oxygens (including phenoxy) is 2. The Bertz CT molecular complexity index is 513. The molecule has 30 heavy (non-hydrogen) atoms. The van der Waals surface area contributed by atoms with E-state index >= 15 is 0 Å². The van der Waals surface area contributed by atoms with Crippen LogP contribution in [0, 0.1) is 5.92 Å². The molecule has 2 heterocycles. The molecule has 2 N–H and O–H groups in total. The van der Waals surface area contributed by atoms with E-state index in [0.717, 1.165) is 38.3 Å². The van der Waals surface area contributed by atoms with E-state index in [1.165, 1.54) is 32.1 Å². The van der Waals surface area contributed by atoms with Crippen molar-refractivity contribution in [2.24, 2.45) is 5.92 Å². The summed E-state index contributed by atoms with van der Waals surface area (Å²) >= 11 is 0. The highest BCUT2D eigenvalue weighted by atomic mass is 16.5. The first-order valence-corrected chi connectivity index (χ1v) is 12.1. The third-order valence-electron chi connectivity index (χ3n) is 6.82. The minimum atomic E-state index is -0.430. The summed E-state index contributed by atoms with van der Waals surface area (Å²) in [5, 5.41) is 13.4. The van der Waals surface area contributed by atoms with E-state index in [1.54, 1.807) is 0 Å². The average Bonchev–Trinajstić information content (AvgIpc) is 2.70. The van der Waals surface area contributed by atoms with Crippen LogP contribution in [-0.4, -0.2) is 98.7 Å². The first-order chi connectivity index (χ1) is 14.5. The molecular formula is C23H43N3O4. The van der Waals surface area contributed by atoms with Crippen LogP contribution in [0.2, 0.25) is 0 Å². The maximum absolute atomic E-state index is 12.3. The van der Waals surface area contributed by atoms with E-state index in [1.807, 2.05) is 14.1 Å². The van der Waals surface area contributed by atoms with Crippen molar-refractivity contribution in [2.75, 3.05) is 53.5 Å². The number of hydrogen-bond donors (Lipinski definition) is 2. The summed E-state index contributed by atoms with van der Waals surface area (Å²) in [5.74, 6) is 0.816. The number of nitrogens with one attached hydrogen (secondary N) is 1. The van der Waals surface area contributed by atoms with Crippen LogP contribution in [-0.2, 0) is 14.3 Å². The first-order valence-electron chi connectivity index (χ1n) is 12.1. The summed E-state index contributed by atoms with van der Waals surface area (Å²) in [6.07, 6.45) is 9.44. The van der Waals surface area contributed by atoms with Gasteiger partial charge in [-0.3, -0.25) is 9.69 Å². The molecule has 1 amide bonds. The zero-order valence-electron chi connectivity index (χ0n) is 19.1. The molecule has 0 aromatic heterocycles. The van der Waals surface area contributed by atoms with E-state index in [-0.39, 0.29) is 24.2 Å². The Hall–Kier alpha value is -0.730. The van der Waals surface area contributed by atoms with Gasteiger partial charge < -0.3 is 24.8 Å². The van der Waals surface area contributed by atoms with Gasteiger partial charge in [-0.15, -0.1) is 0 Å². The van der Waals surface area contributed by atoms with Gasteiger partial charge in [-0.2, -0.15) is 0 Å². The Labute approximate surface area is 182 Å². The number of amides is 1. The Morgan fingerprint density at radius 3 is 2.70 bits per heavy atom. The number of carbonyl (C=O) groups is 1. The molecule has 2 aliphatic heterocycles. The summed E-state index contributed by atoms with van der Waals surface area (Å²) < 4.78 is 12.1. The predicted octanol–water partition coefficient (Wildman–Crippen LogP) is 1.63. The lowest BCUT2D eigenvalue weighted by Gasteiger charge is -2.45. The second-order valence-corrected chi connectivity index (χ2v) is 9.80. The number of rotatable bonds is 8. The van der Waals surface area contributed by atoms with Gasteiger partial charge in [0.2, 0.25) is 5.91 Å². The molecule has 7 nitrogen and oxygen atoms in total. The van der Waals surface area contributed by atoms with Gasteiger partial charge in [0, 0.05) is 25.7 Å². The minimum absolute atomic E-state index is 0.0126. The lowest BCUT2D eigenvalue weighted by molar-refractivity contribution is -0.158. The van der Waals surface area contributed by atoms with E-state index in [2.05, 4.69) is 15.1 Å². The maximum Gasteiger partial charge on any atom is 0.222 e. The molecule has 3 fully saturated rings. The Kier molecular flexibility index (Phi) is 9.84. The quantitative estimate of drug-likeness (QED) is 0.576. The summed E-state index contributed by atoms with van der Waals surface area (Å²) in [5.41, 5.74) is 0. The van der Waals surface area contributed by atoms with Crippen LogP contribution in [0.4, 0.5) is 0 Å². The summed E-state index contributed by atoms with van der Waals surface area (Å²) in [6.45, 7) is 4.28. The van der Waals surface area contributed by atoms with Crippen LogP contribution >= 0.6 is 0 Å². The molecule has 7 heteroatoms. The zero-order valence-corrected chi connectivity index (χ0v) is 19.1. The number of nitrogens with zero attached hydrogens (tertiary/aromatic N) is 2. The second-order valence-electron chi connectivity index (χ2n) is 9.80. The van der Waals surface area contributed by atoms with E-state index in [9.17, 15) is 9.90 Å². The van der Waals surface area contributed by atoms with E-state index < -0.39 is 6.10 Å². The Morgan fingerprint density at radius 2 is 1.93 bits per heavy atom. The van der Waals surface area contributed by atoms with Crippen LogP contribution in [0.15, 0.2) is 0 Å². The molecular weight excluding hydrogens is 382 g/mol. The third kappa shape index (κ3) is 7.75. The molecule has 3 aliphatic rings. The van der Waals surface area contributed by atoms with Crippen molar-refractivity contribution in [1.29, 1.82) is 0 Å². The van der Waals surface area contributed by atoms with Gasteiger partial charge >= 0.3 is 0 Å². The number of carbonyl (C=O) groups excluding carboxylic acids is 1. The predicted molar refractivity (Wildman–Crippen MR) is 117 cm³/mol. The van der Waals surface area contributed by atoms with Crippen LogP contribution in [0.3, 0.4) is 0 Å². The second kappa shape index (κ2) is 12.3. The highest BCUT2D eigenvalue weighted by molar-refractivity contribution is 5.76. The van der Waals surface area contributed by atoms with Crippen LogP contribution in [0.25, 0.3) is 0 Å². The van der Waals surface area contributed by atoms with Gasteiger partial charge in [0.05, 0.1) is 37.9 Å². The topological polar surface area (TPSA) is 74.3 Å². The smallest absolute Gasteiger partial charge is 0.222 e. The summed E-state index contributed by atoms with van der Waals surface area (Å²) in [7, 11) is 4.09. The molecule has 0 spiro atoms. The van der Waals surface area contributed by atoms with Gasteiger partial charge in [-0.05, 0) is 58.7 Å². The molecule has 2 saturated heterocycles. The van der Waals surface area contributed by atoms with Crippen molar-refractivity contribution in [1.82, 2.24) is 15.1 Å². The highest BCUT2D eigenvalue weighted by Gasteiger charge is 2.38. The van der Waals surface area contributed by atoms with Crippen molar-refractivity contribution in [3.63, 3.8) is 0 Å². The maximum atomic E-state index is 12.3. The number of β-amino-alcohol motifs (C(OH)–C–C–N with tert-alkyl or cyclic N) is 1. The lowest BCUT2D eigenvalue weighted by Crippen LogP contribution is -2.56. The largest absolute Gasteiger partial charge is 0.389 e. The van der Waals surface area contributed by atoms with E-state index in [0.29, 0.717) is 32.7 Å². The van der Waals surface area contributed by atoms with Crippen molar-refractivity contribution in [3.8, 4) is 0 Å². The van der Waals surface area contributed by atoms with Crippen molar-refractivity contribution >= 4 is 5.91 Å². The number of aliphatic hydroxyl groups excluding tert-OH is 1. The molecule has 0 aromatic carbocycles. The molecule has 0 radical (unpaired) electrons. The minimum Gasteiger partial charge on any atom is -0.389 e. The molecule has 1 aliphatic carbocycles. The van der Waals surface area contributed by atoms with Crippen LogP contribution in [0.5, 0.6) is 0 Å². The van der Waals surface area contributed by atoms with Gasteiger partial charge in [0.25, 0.3) is 0 Å². The fourth-order valence-corrected chi connectivity index (χ4v) is 5.26. The normalized spacial score (nSPS) is 31.7. The molecule has 3 rings (SSSR count). The number of aliphatic hydroxyl groups is 1. The Morgan fingerprint density at radius 1 is 1.13 bits per heavy atom. The summed E-state index contributed by atoms with van der Waals surface area (Å²) in [6, 6.07) is 0.279. The zero-order chi connectivity index (χ0) is 21.3. The van der Waals surface area contributed by atoms with Crippen molar-refractivity contribution in [3.05, 3.63) is 0 Å². The molecule has 0 unspecified atom stereocenters. The van der Waals surface area contributed by atoms with Crippen LogP contribution < -0.4 is 5.32 Å². The monoisotopic (exact) mass is 425 g/mol. The van der Waals surface area contributed by atoms with Gasteiger partial charge in [0.15, 0.2) is 0 Å². The molecule has 4 atom stereocenters.